The van der Waals surface area contributed by atoms with Gasteiger partial charge in [0.1, 0.15) is 0 Å². The summed E-state index contributed by atoms with van der Waals surface area (Å²) in [6.07, 6.45) is 2.01. The Labute approximate surface area is 122 Å². The molecular weight excluding hydrogens is 266 g/mol. The van der Waals surface area contributed by atoms with Crippen molar-refractivity contribution >= 4 is 5.97 Å². The van der Waals surface area contributed by atoms with Gasteiger partial charge in [0, 0.05) is 23.4 Å². The van der Waals surface area contributed by atoms with Gasteiger partial charge in [-0.05, 0) is 38.0 Å². The van der Waals surface area contributed by atoms with E-state index in [1.807, 2.05) is 11.6 Å². The molecule has 2 heterocycles. The number of carbonyl (C=O) groups is 1. The van der Waals surface area contributed by atoms with E-state index in [4.69, 9.17) is 4.74 Å². The Morgan fingerprint density at radius 2 is 2.29 bits per heavy atom. The molecule has 2 aromatic rings. The zero-order valence-corrected chi connectivity index (χ0v) is 12.0. The summed E-state index contributed by atoms with van der Waals surface area (Å²) in [5, 5.41) is 13.9. The quantitative estimate of drug-likeness (QED) is 0.793. The predicted molar refractivity (Wildman–Crippen MR) is 76.8 cm³/mol. The van der Waals surface area contributed by atoms with E-state index in [0.29, 0.717) is 11.1 Å². The van der Waals surface area contributed by atoms with Crippen molar-refractivity contribution in [2.24, 2.45) is 0 Å². The number of hydrogen-bond acceptors (Lipinski definition) is 4. The van der Waals surface area contributed by atoms with Crippen LogP contribution in [0.2, 0.25) is 0 Å². The lowest BCUT2D eigenvalue weighted by Crippen LogP contribution is -2.02. The molecule has 1 aromatic heterocycles. The maximum atomic E-state index is 11.7. The van der Waals surface area contributed by atoms with Crippen LogP contribution in [-0.2, 0) is 17.7 Å². The number of carbonyl (C=O) groups excluding carboxylic acids is 1. The summed E-state index contributed by atoms with van der Waals surface area (Å²) < 4.78 is 6.76. The van der Waals surface area contributed by atoms with Crippen LogP contribution < -0.4 is 0 Å². The molecule has 0 radical (unpaired) electrons. The van der Waals surface area contributed by atoms with Crippen molar-refractivity contribution in [3.8, 4) is 17.2 Å². The predicted octanol–water partition coefficient (Wildman–Crippen LogP) is 2.46. The molecule has 0 saturated heterocycles. The van der Waals surface area contributed by atoms with E-state index in [2.05, 4.69) is 11.2 Å². The van der Waals surface area contributed by atoms with E-state index in [1.165, 1.54) is 7.11 Å². The third-order valence-electron chi connectivity index (χ3n) is 3.85. The van der Waals surface area contributed by atoms with Gasteiger partial charge in [-0.15, -0.1) is 0 Å². The molecule has 0 spiro atoms. The number of benzene rings is 1. The Kier molecular flexibility index (Phi) is 3.22. The molecule has 0 N–H and O–H groups in total. The number of aryl methyl sites for hydroxylation is 2. The second-order valence-corrected chi connectivity index (χ2v) is 5.10. The van der Waals surface area contributed by atoms with Gasteiger partial charge in [-0.3, -0.25) is 4.68 Å². The summed E-state index contributed by atoms with van der Waals surface area (Å²) in [7, 11) is 1.35. The number of nitrogens with zero attached hydrogens (tertiary/aromatic N) is 3. The van der Waals surface area contributed by atoms with Crippen molar-refractivity contribution in [2.75, 3.05) is 7.11 Å². The molecule has 1 aromatic carbocycles. The number of esters is 1. The maximum Gasteiger partial charge on any atom is 0.337 e. The lowest BCUT2D eigenvalue weighted by molar-refractivity contribution is 0.0601. The van der Waals surface area contributed by atoms with Gasteiger partial charge < -0.3 is 4.74 Å². The number of methoxy groups -OCH3 is 1. The molecule has 21 heavy (non-hydrogen) atoms. The largest absolute Gasteiger partial charge is 0.465 e. The number of aromatic nitrogens is 2. The summed E-state index contributed by atoms with van der Waals surface area (Å²) in [6.45, 7) is 2.85. The van der Waals surface area contributed by atoms with E-state index in [9.17, 15) is 10.1 Å². The van der Waals surface area contributed by atoms with Crippen LogP contribution in [0.25, 0.3) is 11.1 Å². The summed E-state index contributed by atoms with van der Waals surface area (Å²) in [5.41, 5.74) is 4.78. The normalized spacial score (nSPS) is 12.8. The first-order valence-corrected chi connectivity index (χ1v) is 6.85. The Bertz CT molecular complexity index is 769. The summed E-state index contributed by atoms with van der Waals surface area (Å²) in [5.74, 6) is -0.401. The molecule has 0 fully saturated rings. The molecule has 1 aliphatic heterocycles. The van der Waals surface area contributed by atoms with E-state index in [-0.39, 0.29) is 0 Å². The van der Waals surface area contributed by atoms with Crippen molar-refractivity contribution < 1.29 is 9.53 Å². The van der Waals surface area contributed by atoms with Gasteiger partial charge in [0.05, 0.1) is 30.0 Å². The highest BCUT2D eigenvalue weighted by Crippen LogP contribution is 2.34. The highest BCUT2D eigenvalue weighted by atomic mass is 16.5. The first-order chi connectivity index (χ1) is 10.2. The number of nitriles is 1. The summed E-state index contributed by atoms with van der Waals surface area (Å²) in [6, 6.07) is 7.21. The van der Waals surface area contributed by atoms with Crippen LogP contribution in [0.3, 0.4) is 0 Å². The fourth-order valence-corrected chi connectivity index (χ4v) is 2.91. The van der Waals surface area contributed by atoms with Gasteiger partial charge >= 0.3 is 5.97 Å². The first-order valence-electron chi connectivity index (χ1n) is 6.85. The van der Waals surface area contributed by atoms with Gasteiger partial charge in [-0.25, -0.2) is 4.79 Å². The fraction of sp³-hybridized carbons (Fsp3) is 0.312. The van der Waals surface area contributed by atoms with Crippen molar-refractivity contribution in [3.63, 3.8) is 0 Å². The van der Waals surface area contributed by atoms with Crippen LogP contribution in [0.15, 0.2) is 18.2 Å². The standard InChI is InChI=1S/C16H15N3O2/c1-10-15(14-4-3-7-19(14)18-10)13-8-11(16(20)21-2)5-6-12(13)9-17/h5-6,8H,3-4,7H2,1-2H3. The zero-order valence-electron chi connectivity index (χ0n) is 12.0. The number of hydrogen-bond donors (Lipinski definition) is 0. The molecule has 0 atom stereocenters. The Hall–Kier alpha value is -2.61. The Morgan fingerprint density at radius 3 is 3.00 bits per heavy atom. The average Bonchev–Trinajstić information content (AvgIpc) is 3.05. The van der Waals surface area contributed by atoms with E-state index in [1.54, 1.807) is 18.2 Å². The van der Waals surface area contributed by atoms with Crippen molar-refractivity contribution in [1.29, 1.82) is 5.26 Å². The summed E-state index contributed by atoms with van der Waals surface area (Å²) >= 11 is 0. The second-order valence-electron chi connectivity index (χ2n) is 5.10. The number of rotatable bonds is 2. The molecule has 5 heteroatoms. The zero-order chi connectivity index (χ0) is 15.0. The molecule has 0 aliphatic carbocycles. The SMILES string of the molecule is COC(=O)c1ccc(C#N)c(-c2c(C)nn3c2CCC3)c1. The van der Waals surface area contributed by atoms with Crippen molar-refractivity contribution in [1.82, 2.24) is 9.78 Å². The molecule has 0 unspecified atom stereocenters. The van der Waals surface area contributed by atoms with Crippen LogP contribution in [0.1, 0.15) is 33.7 Å². The third-order valence-corrected chi connectivity index (χ3v) is 3.85. The van der Waals surface area contributed by atoms with Gasteiger partial charge in [0.15, 0.2) is 0 Å². The van der Waals surface area contributed by atoms with E-state index in [0.717, 1.165) is 41.9 Å². The topological polar surface area (TPSA) is 67.9 Å². The monoisotopic (exact) mass is 281 g/mol. The fourth-order valence-electron chi connectivity index (χ4n) is 2.91. The van der Waals surface area contributed by atoms with Crippen molar-refractivity contribution in [3.05, 3.63) is 40.7 Å². The van der Waals surface area contributed by atoms with Crippen LogP contribution >= 0.6 is 0 Å². The molecule has 0 saturated carbocycles. The molecule has 3 rings (SSSR count). The highest BCUT2D eigenvalue weighted by molar-refractivity contribution is 5.92. The lowest BCUT2D eigenvalue weighted by Gasteiger charge is -2.08. The lowest BCUT2D eigenvalue weighted by atomic mass is 9.95. The first kappa shape index (κ1) is 13.4. The number of ether oxygens (including phenoxy) is 1. The van der Waals surface area contributed by atoms with Gasteiger partial charge in [0.25, 0.3) is 0 Å². The Balaban J connectivity index is 2.22. The van der Waals surface area contributed by atoms with Crippen LogP contribution in [0, 0.1) is 18.3 Å². The van der Waals surface area contributed by atoms with Crippen LogP contribution in [0.4, 0.5) is 0 Å². The summed E-state index contributed by atoms with van der Waals surface area (Å²) in [4.78, 5) is 11.7. The maximum absolute atomic E-state index is 11.7. The number of fused-ring (bicyclic) bond motifs is 1. The van der Waals surface area contributed by atoms with Gasteiger partial charge in [-0.1, -0.05) is 0 Å². The molecule has 0 bridgehead atoms. The van der Waals surface area contributed by atoms with Crippen molar-refractivity contribution in [2.45, 2.75) is 26.3 Å². The minimum Gasteiger partial charge on any atom is -0.465 e. The molecule has 5 nitrogen and oxygen atoms in total. The molecule has 1 aliphatic rings. The second kappa shape index (κ2) is 5.06. The third kappa shape index (κ3) is 2.09. The smallest absolute Gasteiger partial charge is 0.337 e. The highest BCUT2D eigenvalue weighted by Gasteiger charge is 2.23. The van der Waals surface area contributed by atoms with E-state index >= 15 is 0 Å². The van der Waals surface area contributed by atoms with Crippen LogP contribution in [-0.4, -0.2) is 22.9 Å². The minimum atomic E-state index is -0.401. The molecule has 106 valence electrons. The minimum absolute atomic E-state index is 0.401. The average molecular weight is 281 g/mol. The Morgan fingerprint density at radius 1 is 1.48 bits per heavy atom. The van der Waals surface area contributed by atoms with Gasteiger partial charge in [-0.2, -0.15) is 10.4 Å². The van der Waals surface area contributed by atoms with Crippen LogP contribution in [0.5, 0.6) is 0 Å². The molecular formula is C16H15N3O2. The molecule has 0 amide bonds. The van der Waals surface area contributed by atoms with E-state index < -0.39 is 5.97 Å². The van der Waals surface area contributed by atoms with Gasteiger partial charge in [0.2, 0.25) is 0 Å².